The number of anilines is 1. The van der Waals surface area contributed by atoms with E-state index in [1.165, 1.54) is 18.2 Å². The third kappa shape index (κ3) is 4.73. The van der Waals surface area contributed by atoms with E-state index in [1.807, 2.05) is 0 Å². The second kappa shape index (κ2) is 9.13. The van der Waals surface area contributed by atoms with E-state index in [9.17, 15) is 28.6 Å². The molecular weight excluding hydrogens is 472 g/mol. The summed E-state index contributed by atoms with van der Waals surface area (Å²) in [6, 6.07) is 6.44. The molecule has 2 aromatic rings. The summed E-state index contributed by atoms with van der Waals surface area (Å²) < 4.78 is 39.9. The van der Waals surface area contributed by atoms with Gasteiger partial charge in [0.05, 0.1) is 11.3 Å². The van der Waals surface area contributed by atoms with E-state index in [0.717, 1.165) is 19.1 Å². The van der Waals surface area contributed by atoms with Crippen LogP contribution in [0.2, 0.25) is 5.02 Å². The van der Waals surface area contributed by atoms with Crippen LogP contribution >= 0.6 is 11.6 Å². The zero-order chi connectivity index (χ0) is 24.7. The number of carbonyl (C=O) groups is 2. The van der Waals surface area contributed by atoms with Crippen LogP contribution in [0, 0.1) is 11.6 Å². The number of benzene rings is 2. The molecule has 1 saturated carbocycles. The second-order valence-electron chi connectivity index (χ2n) is 8.80. The van der Waals surface area contributed by atoms with Crippen LogP contribution in [0.1, 0.15) is 43.7 Å². The highest BCUT2D eigenvalue weighted by atomic mass is 35.5. The maximum absolute atomic E-state index is 14.6. The van der Waals surface area contributed by atoms with Crippen LogP contribution in [0.15, 0.2) is 30.3 Å². The number of hydrogen-bond donors (Lipinski definition) is 3. The van der Waals surface area contributed by atoms with Gasteiger partial charge in [-0.2, -0.15) is 0 Å². The maximum atomic E-state index is 14.6. The smallest absolute Gasteiger partial charge is 0.303 e. The van der Waals surface area contributed by atoms with Crippen molar-refractivity contribution in [2.45, 2.75) is 56.3 Å². The first-order valence-electron chi connectivity index (χ1n) is 10.8. The Morgan fingerprint density at radius 3 is 2.65 bits per heavy atom. The van der Waals surface area contributed by atoms with E-state index in [-0.39, 0.29) is 66.6 Å². The van der Waals surface area contributed by atoms with Crippen molar-refractivity contribution in [3.63, 3.8) is 0 Å². The number of carbonyl (C=O) groups excluding carboxylic acids is 2. The zero-order valence-corrected chi connectivity index (χ0v) is 19.1. The molecule has 2 aliphatic rings. The molecule has 0 unspecified atom stereocenters. The first-order valence-corrected chi connectivity index (χ1v) is 11.2. The molecule has 7 nitrogen and oxygen atoms in total. The van der Waals surface area contributed by atoms with Gasteiger partial charge in [-0.15, -0.1) is 0 Å². The van der Waals surface area contributed by atoms with Gasteiger partial charge in [0, 0.05) is 35.9 Å². The molecule has 0 saturated heterocycles. The largest absolute Gasteiger partial charge is 0.490 e. The Balaban J connectivity index is 1.58. The Labute approximate surface area is 199 Å². The van der Waals surface area contributed by atoms with Crippen LogP contribution in [0.4, 0.5) is 14.5 Å². The normalized spacial score (nSPS) is 26.4. The number of esters is 1. The quantitative estimate of drug-likeness (QED) is 0.547. The van der Waals surface area contributed by atoms with E-state index in [1.54, 1.807) is 0 Å². The predicted octanol–water partition coefficient (Wildman–Crippen LogP) is 3.62. The van der Waals surface area contributed by atoms with E-state index in [2.05, 4.69) is 5.32 Å². The van der Waals surface area contributed by atoms with Crippen molar-refractivity contribution in [2.75, 3.05) is 11.9 Å². The van der Waals surface area contributed by atoms with E-state index in [4.69, 9.17) is 21.1 Å². The molecule has 1 aliphatic carbocycles. The van der Waals surface area contributed by atoms with Gasteiger partial charge in [-0.25, -0.2) is 8.78 Å². The van der Waals surface area contributed by atoms with Gasteiger partial charge < -0.3 is 25.0 Å². The van der Waals surface area contributed by atoms with Gasteiger partial charge in [-0.3, -0.25) is 9.59 Å². The Kier molecular flexibility index (Phi) is 6.54. The van der Waals surface area contributed by atoms with Crippen molar-refractivity contribution in [3.05, 3.63) is 58.1 Å². The van der Waals surface area contributed by atoms with Crippen LogP contribution < -0.4 is 10.1 Å². The summed E-state index contributed by atoms with van der Waals surface area (Å²) in [5.41, 5.74) is -2.93. The number of hydrogen-bond acceptors (Lipinski definition) is 6. The highest BCUT2D eigenvalue weighted by molar-refractivity contribution is 6.30. The fourth-order valence-corrected chi connectivity index (χ4v) is 4.73. The molecule has 3 N–H and O–H groups in total. The van der Waals surface area contributed by atoms with Gasteiger partial charge in [0.15, 0.2) is 0 Å². The SMILES string of the molecule is CC(=O)O[C@@H]1C[C@](O)(c2ccc(Cl)cc2F)CC[C@@]1(O)COc1ccc(F)c2c1CCC(=O)N2. The summed E-state index contributed by atoms with van der Waals surface area (Å²) in [6.07, 6.45) is -1.19. The van der Waals surface area contributed by atoms with Crippen LogP contribution in [-0.4, -0.2) is 40.4 Å². The summed E-state index contributed by atoms with van der Waals surface area (Å²) in [6.45, 7) is 0.826. The number of rotatable bonds is 5. The lowest BCUT2D eigenvalue weighted by molar-refractivity contribution is -0.197. The zero-order valence-electron chi connectivity index (χ0n) is 18.4. The lowest BCUT2D eigenvalue weighted by atomic mass is 9.71. The standard InChI is InChI=1S/C24H24ClF2NO6/c1-13(29)34-20-11-23(31,16-4-2-14(25)10-18(16)27)8-9-24(20,32)12-33-19-6-5-17(26)22-15(19)3-7-21(30)28-22/h2,4-6,10,20,31-32H,3,7-9,11-12H2,1H3,(H,28,30)/t20-,23+,24-/m1/s1. The molecule has 4 rings (SSSR count). The van der Waals surface area contributed by atoms with Crippen molar-refractivity contribution < 1.29 is 38.1 Å². The summed E-state index contributed by atoms with van der Waals surface area (Å²) in [4.78, 5) is 23.4. The molecule has 3 atom stereocenters. The van der Waals surface area contributed by atoms with Gasteiger partial charge in [0.25, 0.3) is 0 Å². The molecule has 0 radical (unpaired) electrons. The first-order chi connectivity index (χ1) is 16.0. The highest BCUT2D eigenvalue weighted by Gasteiger charge is 2.52. The Bertz CT molecular complexity index is 1140. The first kappa shape index (κ1) is 24.4. The molecule has 34 heavy (non-hydrogen) atoms. The summed E-state index contributed by atoms with van der Waals surface area (Å²) >= 11 is 5.82. The lowest BCUT2D eigenvalue weighted by Gasteiger charge is -2.45. The minimum atomic E-state index is -1.71. The molecule has 2 aromatic carbocycles. The minimum absolute atomic E-state index is 0.0135. The van der Waals surface area contributed by atoms with E-state index in [0.29, 0.717) is 5.56 Å². The van der Waals surface area contributed by atoms with Crippen molar-refractivity contribution in [3.8, 4) is 5.75 Å². The lowest BCUT2D eigenvalue weighted by Crippen LogP contribution is -2.56. The molecule has 182 valence electrons. The van der Waals surface area contributed by atoms with Crippen LogP contribution in [0.5, 0.6) is 5.75 Å². The fraction of sp³-hybridized carbons (Fsp3) is 0.417. The summed E-state index contributed by atoms with van der Waals surface area (Å²) in [5.74, 6) is -2.03. The molecule has 0 bridgehead atoms. The van der Waals surface area contributed by atoms with Gasteiger partial charge in [-0.05, 0) is 43.5 Å². The molecule has 10 heteroatoms. The molecule has 1 aliphatic heterocycles. The Hall–Kier alpha value is -2.75. The Morgan fingerprint density at radius 1 is 1.18 bits per heavy atom. The average molecular weight is 496 g/mol. The molecular formula is C24H24ClF2NO6. The summed E-state index contributed by atoms with van der Waals surface area (Å²) in [7, 11) is 0. The van der Waals surface area contributed by atoms with Crippen molar-refractivity contribution >= 4 is 29.2 Å². The highest BCUT2D eigenvalue weighted by Crippen LogP contribution is 2.44. The number of ether oxygens (including phenoxy) is 2. The third-order valence-corrected chi connectivity index (χ3v) is 6.63. The third-order valence-electron chi connectivity index (χ3n) is 6.40. The molecule has 1 amide bonds. The van der Waals surface area contributed by atoms with E-state index >= 15 is 0 Å². The monoisotopic (exact) mass is 495 g/mol. The number of fused-ring (bicyclic) bond motifs is 1. The van der Waals surface area contributed by atoms with Crippen LogP contribution in [-0.2, 0) is 26.3 Å². The number of amides is 1. The maximum Gasteiger partial charge on any atom is 0.303 e. The van der Waals surface area contributed by atoms with Crippen molar-refractivity contribution in [1.29, 1.82) is 0 Å². The number of nitrogens with one attached hydrogen (secondary N) is 1. The van der Waals surface area contributed by atoms with Crippen molar-refractivity contribution in [2.24, 2.45) is 0 Å². The van der Waals surface area contributed by atoms with Crippen LogP contribution in [0.25, 0.3) is 0 Å². The fourth-order valence-electron chi connectivity index (χ4n) is 4.57. The van der Waals surface area contributed by atoms with Gasteiger partial charge in [0.2, 0.25) is 5.91 Å². The second-order valence-corrected chi connectivity index (χ2v) is 9.23. The molecule has 1 fully saturated rings. The van der Waals surface area contributed by atoms with Gasteiger partial charge >= 0.3 is 5.97 Å². The van der Waals surface area contributed by atoms with Gasteiger partial charge in [0.1, 0.15) is 35.7 Å². The summed E-state index contributed by atoms with van der Waals surface area (Å²) in [5, 5.41) is 25.2. The van der Waals surface area contributed by atoms with E-state index < -0.39 is 34.9 Å². The Morgan fingerprint density at radius 2 is 1.94 bits per heavy atom. The molecule has 0 spiro atoms. The number of aliphatic hydroxyl groups is 2. The topological polar surface area (TPSA) is 105 Å². The van der Waals surface area contributed by atoms with Crippen molar-refractivity contribution in [1.82, 2.24) is 0 Å². The predicted molar refractivity (Wildman–Crippen MR) is 119 cm³/mol. The molecule has 1 heterocycles. The molecule has 0 aromatic heterocycles. The average Bonchev–Trinajstić information content (AvgIpc) is 2.76. The van der Waals surface area contributed by atoms with Gasteiger partial charge in [-0.1, -0.05) is 17.7 Å². The van der Waals surface area contributed by atoms with Crippen LogP contribution in [0.3, 0.4) is 0 Å². The number of halogens is 3. The minimum Gasteiger partial charge on any atom is -0.490 e.